The first-order valence-corrected chi connectivity index (χ1v) is 13.0. The van der Waals surface area contributed by atoms with Crippen molar-refractivity contribution >= 4 is 52.8 Å². The Labute approximate surface area is 230 Å². The Morgan fingerprint density at radius 1 is 1.13 bits per heavy atom. The molecule has 200 valence electrons. The molecule has 1 N–H and O–H groups in total. The van der Waals surface area contributed by atoms with Gasteiger partial charge in [-0.3, -0.25) is 5.10 Å². The van der Waals surface area contributed by atoms with Crippen molar-refractivity contribution in [2.24, 2.45) is 17.8 Å². The number of hydrogen-bond acceptors (Lipinski definition) is 6. The minimum atomic E-state index is -1.06. The standard InChI is InChI=1S/C27H28Cl2N4O5/c1-13-10-14(2)21(15(3)11-13)37-25(36)19-20(30-6)23(33-22(19)31-26(32-33)27(4,5)12-34)38-24(35)18-16(28)8-7-9-17(18)29/h7-9,12-15,21H,10-11H2,1-5H3,(H,31,32). The maximum absolute atomic E-state index is 13.6. The van der Waals surface area contributed by atoms with E-state index in [9.17, 15) is 14.4 Å². The minimum absolute atomic E-state index is 0.00321. The summed E-state index contributed by atoms with van der Waals surface area (Å²) in [5, 5.41) is 3.01. The zero-order valence-corrected chi connectivity index (χ0v) is 23.2. The van der Waals surface area contributed by atoms with Crippen LogP contribution in [0.4, 0.5) is 5.69 Å². The summed E-state index contributed by atoms with van der Waals surface area (Å²) in [4.78, 5) is 46.4. The van der Waals surface area contributed by atoms with E-state index < -0.39 is 17.4 Å². The number of nitrogens with one attached hydrogen (secondary N) is 1. The lowest BCUT2D eigenvalue weighted by Crippen LogP contribution is -2.37. The molecule has 1 aliphatic rings. The molecular formula is C27H28Cl2N4O5. The predicted molar refractivity (Wildman–Crippen MR) is 142 cm³/mol. The molecule has 38 heavy (non-hydrogen) atoms. The summed E-state index contributed by atoms with van der Waals surface area (Å²) in [6.45, 7) is 17.3. The molecule has 4 rings (SSSR count). The Hall–Kier alpha value is -3.35. The molecule has 0 aliphatic heterocycles. The number of H-pyrrole nitrogens is 1. The average Bonchev–Trinajstić information content (AvgIpc) is 3.39. The zero-order chi connectivity index (χ0) is 27.9. The molecule has 9 nitrogen and oxygen atoms in total. The second-order valence-corrected chi connectivity index (χ2v) is 11.4. The number of nitrogens with zero attached hydrogens (tertiary/aromatic N) is 3. The van der Waals surface area contributed by atoms with Crippen molar-refractivity contribution in [1.82, 2.24) is 14.6 Å². The summed E-state index contributed by atoms with van der Waals surface area (Å²) in [5.74, 6) is -1.02. The Bertz CT molecular complexity index is 1440. The SMILES string of the molecule is [C-]#[N+]c1c(C(=O)OC2C(C)CC(C)CC2C)c2nc(C(C)(C)C=O)[nH]n2c1OC(=O)c1c(Cl)cccc1Cl. The van der Waals surface area contributed by atoms with Crippen molar-refractivity contribution in [2.75, 3.05) is 0 Å². The molecule has 0 amide bonds. The molecule has 1 aromatic carbocycles. The molecule has 3 aromatic rings. The lowest BCUT2D eigenvalue weighted by molar-refractivity contribution is -0.111. The van der Waals surface area contributed by atoms with Crippen LogP contribution in [0.25, 0.3) is 10.5 Å². The van der Waals surface area contributed by atoms with Gasteiger partial charge in [-0.15, -0.1) is 0 Å². The highest BCUT2D eigenvalue weighted by molar-refractivity contribution is 6.39. The van der Waals surface area contributed by atoms with Gasteiger partial charge in [0.25, 0.3) is 5.69 Å². The molecular weight excluding hydrogens is 531 g/mol. The number of fused-ring (bicyclic) bond motifs is 1. The summed E-state index contributed by atoms with van der Waals surface area (Å²) in [7, 11) is 0. The van der Waals surface area contributed by atoms with Crippen molar-refractivity contribution < 1.29 is 23.9 Å². The average molecular weight is 559 g/mol. The molecule has 0 saturated heterocycles. The van der Waals surface area contributed by atoms with Gasteiger partial charge in [-0.05, 0) is 56.6 Å². The molecule has 2 heterocycles. The van der Waals surface area contributed by atoms with Gasteiger partial charge in [-0.25, -0.2) is 23.9 Å². The topological polar surface area (TPSA) is 107 Å². The number of aromatic amines is 1. The number of carbonyl (C=O) groups is 3. The molecule has 1 fully saturated rings. The normalized spacial score (nSPS) is 21.6. The number of carbonyl (C=O) groups excluding carboxylic acids is 3. The van der Waals surface area contributed by atoms with Gasteiger partial charge in [0.15, 0.2) is 5.65 Å². The Balaban J connectivity index is 1.83. The number of aldehydes is 1. The lowest BCUT2D eigenvalue weighted by atomic mass is 9.75. The summed E-state index contributed by atoms with van der Waals surface area (Å²) >= 11 is 12.4. The van der Waals surface area contributed by atoms with E-state index in [1.807, 2.05) is 13.8 Å². The van der Waals surface area contributed by atoms with Crippen LogP contribution in [0.2, 0.25) is 10.0 Å². The van der Waals surface area contributed by atoms with Gasteiger partial charge in [-0.1, -0.05) is 50.0 Å². The lowest BCUT2D eigenvalue weighted by Gasteiger charge is -2.37. The molecule has 0 radical (unpaired) electrons. The van der Waals surface area contributed by atoms with Crippen LogP contribution in [-0.4, -0.2) is 38.9 Å². The van der Waals surface area contributed by atoms with E-state index >= 15 is 0 Å². The first kappa shape index (κ1) is 27.7. The first-order valence-electron chi connectivity index (χ1n) is 12.2. The van der Waals surface area contributed by atoms with Crippen LogP contribution in [0.1, 0.15) is 74.0 Å². The molecule has 0 spiro atoms. The number of aromatic nitrogens is 3. The highest BCUT2D eigenvalue weighted by atomic mass is 35.5. The van der Waals surface area contributed by atoms with Crippen molar-refractivity contribution in [3.63, 3.8) is 0 Å². The fraction of sp³-hybridized carbons (Fsp3) is 0.444. The van der Waals surface area contributed by atoms with Gasteiger partial charge in [0.2, 0.25) is 5.88 Å². The molecule has 2 atom stereocenters. The summed E-state index contributed by atoms with van der Waals surface area (Å²) in [5.41, 5.74) is -1.57. The van der Waals surface area contributed by atoms with Crippen LogP contribution in [0.3, 0.4) is 0 Å². The van der Waals surface area contributed by atoms with Gasteiger partial charge in [0.1, 0.15) is 23.8 Å². The van der Waals surface area contributed by atoms with E-state index in [4.69, 9.17) is 39.2 Å². The fourth-order valence-electron chi connectivity index (χ4n) is 5.14. The molecule has 2 aromatic heterocycles. The van der Waals surface area contributed by atoms with Crippen LogP contribution in [0.15, 0.2) is 18.2 Å². The van der Waals surface area contributed by atoms with Crippen molar-refractivity contribution in [1.29, 1.82) is 0 Å². The Morgan fingerprint density at radius 2 is 1.74 bits per heavy atom. The Kier molecular flexibility index (Phi) is 7.60. The van der Waals surface area contributed by atoms with Gasteiger partial charge < -0.3 is 14.3 Å². The number of esters is 2. The van der Waals surface area contributed by atoms with Crippen LogP contribution in [0.5, 0.6) is 5.88 Å². The molecule has 2 unspecified atom stereocenters. The monoisotopic (exact) mass is 558 g/mol. The summed E-state index contributed by atoms with van der Waals surface area (Å²) in [6, 6.07) is 4.53. The largest absolute Gasteiger partial charge is 0.459 e. The zero-order valence-electron chi connectivity index (χ0n) is 21.7. The molecule has 0 bridgehead atoms. The van der Waals surface area contributed by atoms with Gasteiger partial charge in [0.05, 0.1) is 27.6 Å². The van der Waals surface area contributed by atoms with Crippen molar-refractivity contribution in [3.05, 3.63) is 56.6 Å². The maximum Gasteiger partial charge on any atom is 0.346 e. The predicted octanol–water partition coefficient (Wildman–Crippen LogP) is 6.44. The smallest absolute Gasteiger partial charge is 0.346 e. The maximum atomic E-state index is 13.6. The number of halogens is 2. The summed E-state index contributed by atoms with van der Waals surface area (Å²) in [6.07, 6.45) is 2.15. The van der Waals surface area contributed by atoms with Gasteiger partial charge in [-0.2, -0.15) is 0 Å². The third-order valence-electron chi connectivity index (χ3n) is 7.00. The van der Waals surface area contributed by atoms with Gasteiger partial charge >= 0.3 is 11.9 Å². The highest BCUT2D eigenvalue weighted by Crippen LogP contribution is 2.41. The number of benzene rings is 1. The van der Waals surface area contributed by atoms with Gasteiger partial charge in [0, 0.05) is 0 Å². The van der Waals surface area contributed by atoms with E-state index in [2.05, 4.69) is 21.9 Å². The Morgan fingerprint density at radius 3 is 2.29 bits per heavy atom. The van der Waals surface area contributed by atoms with Crippen LogP contribution in [0, 0.1) is 24.3 Å². The van der Waals surface area contributed by atoms with Crippen LogP contribution >= 0.6 is 23.2 Å². The number of ether oxygens (including phenoxy) is 2. The molecule has 11 heteroatoms. The van der Waals surface area contributed by atoms with E-state index in [-0.39, 0.29) is 62.2 Å². The van der Waals surface area contributed by atoms with E-state index in [1.165, 1.54) is 16.6 Å². The second-order valence-electron chi connectivity index (χ2n) is 10.6. The quantitative estimate of drug-likeness (QED) is 0.212. The highest BCUT2D eigenvalue weighted by Gasteiger charge is 2.38. The van der Waals surface area contributed by atoms with E-state index in [0.717, 1.165) is 12.8 Å². The fourth-order valence-corrected chi connectivity index (χ4v) is 5.70. The van der Waals surface area contributed by atoms with Crippen molar-refractivity contribution in [2.45, 2.75) is 59.0 Å². The third-order valence-corrected chi connectivity index (χ3v) is 7.63. The van der Waals surface area contributed by atoms with E-state index in [1.54, 1.807) is 19.9 Å². The van der Waals surface area contributed by atoms with Crippen molar-refractivity contribution in [3.8, 4) is 5.88 Å². The van der Waals surface area contributed by atoms with E-state index in [0.29, 0.717) is 12.2 Å². The third kappa shape index (κ3) is 4.91. The van der Waals surface area contributed by atoms with Crippen LogP contribution < -0.4 is 4.74 Å². The van der Waals surface area contributed by atoms with Crippen LogP contribution in [-0.2, 0) is 14.9 Å². The molecule has 1 saturated carbocycles. The minimum Gasteiger partial charge on any atom is -0.459 e. The second kappa shape index (κ2) is 10.4. The number of rotatable bonds is 6. The summed E-state index contributed by atoms with van der Waals surface area (Å²) < 4.78 is 12.8. The molecule has 1 aliphatic carbocycles. The number of hydrogen-bond donors (Lipinski definition) is 1. The first-order chi connectivity index (χ1) is 17.9.